The second kappa shape index (κ2) is 6.66. The summed E-state index contributed by atoms with van der Waals surface area (Å²) in [7, 11) is 0. The third-order valence-electron chi connectivity index (χ3n) is 2.72. The minimum atomic E-state index is -4.38. The topological polar surface area (TPSA) is 17.1 Å². The molecule has 0 amide bonds. The van der Waals surface area contributed by atoms with Crippen molar-refractivity contribution in [1.29, 1.82) is 0 Å². The maximum absolute atomic E-state index is 12.4. The van der Waals surface area contributed by atoms with Gasteiger partial charge in [0, 0.05) is 14.9 Å². The van der Waals surface area contributed by atoms with Crippen LogP contribution in [0.15, 0.2) is 57.9 Å². The monoisotopic (exact) mass is 374 g/mol. The van der Waals surface area contributed by atoms with Gasteiger partial charge >= 0.3 is 6.18 Å². The van der Waals surface area contributed by atoms with Crippen LogP contribution in [0.1, 0.15) is 15.9 Å². The maximum Gasteiger partial charge on any atom is 0.416 e. The van der Waals surface area contributed by atoms with Gasteiger partial charge < -0.3 is 0 Å². The zero-order chi connectivity index (χ0) is 15.5. The van der Waals surface area contributed by atoms with E-state index in [1.165, 1.54) is 23.9 Å². The van der Waals surface area contributed by atoms with Gasteiger partial charge in [-0.2, -0.15) is 13.2 Å². The van der Waals surface area contributed by atoms with Crippen LogP contribution in [0.5, 0.6) is 0 Å². The lowest BCUT2D eigenvalue weighted by molar-refractivity contribution is -0.137. The van der Waals surface area contributed by atoms with Gasteiger partial charge in [0.15, 0.2) is 5.78 Å². The minimum Gasteiger partial charge on any atom is -0.293 e. The van der Waals surface area contributed by atoms with E-state index in [0.717, 1.165) is 21.5 Å². The fraction of sp³-hybridized carbons (Fsp3) is 0.133. The summed E-state index contributed by atoms with van der Waals surface area (Å²) < 4.78 is 38.2. The molecule has 0 saturated heterocycles. The lowest BCUT2D eigenvalue weighted by Crippen LogP contribution is -2.07. The summed E-state index contributed by atoms with van der Waals surface area (Å²) in [6.45, 7) is 0. The van der Waals surface area contributed by atoms with Crippen LogP contribution in [0.3, 0.4) is 0 Å². The molecule has 110 valence electrons. The minimum absolute atomic E-state index is 0.187. The number of rotatable bonds is 4. The number of hydrogen-bond acceptors (Lipinski definition) is 2. The number of ketones is 1. The third kappa shape index (κ3) is 4.61. The van der Waals surface area contributed by atoms with E-state index < -0.39 is 11.7 Å². The molecule has 0 atom stereocenters. The summed E-state index contributed by atoms with van der Waals surface area (Å²) in [4.78, 5) is 12.9. The van der Waals surface area contributed by atoms with Crippen LogP contribution >= 0.6 is 27.7 Å². The van der Waals surface area contributed by atoms with Gasteiger partial charge in [0.2, 0.25) is 0 Å². The highest BCUT2D eigenvalue weighted by Gasteiger charge is 2.30. The van der Waals surface area contributed by atoms with Crippen molar-refractivity contribution in [3.05, 3.63) is 64.1 Å². The second-order valence-corrected chi connectivity index (χ2v) is 6.21. The quantitative estimate of drug-likeness (QED) is 0.523. The lowest BCUT2D eigenvalue weighted by atomic mass is 10.1. The Balaban J connectivity index is 1.99. The summed E-state index contributed by atoms with van der Waals surface area (Å²) in [6.07, 6.45) is -4.38. The Morgan fingerprint density at radius 3 is 2.10 bits per heavy atom. The molecule has 2 aromatic carbocycles. The van der Waals surface area contributed by atoms with Crippen LogP contribution in [-0.4, -0.2) is 11.5 Å². The first kappa shape index (κ1) is 16.1. The maximum atomic E-state index is 12.4. The molecule has 0 fully saturated rings. The third-order valence-corrected chi connectivity index (χ3v) is 4.26. The Morgan fingerprint density at radius 2 is 1.57 bits per heavy atom. The molecule has 0 unspecified atom stereocenters. The number of alkyl halides is 3. The van der Waals surface area contributed by atoms with Gasteiger partial charge in [0.05, 0.1) is 11.3 Å². The molecule has 0 spiro atoms. The number of Topliss-reactive ketones (excluding diaryl/α,β-unsaturated/α-hetero) is 1. The van der Waals surface area contributed by atoms with Gasteiger partial charge in [-0.05, 0) is 36.4 Å². The van der Waals surface area contributed by atoms with Gasteiger partial charge in [-0.15, -0.1) is 11.8 Å². The van der Waals surface area contributed by atoms with Gasteiger partial charge in [-0.1, -0.05) is 28.1 Å². The van der Waals surface area contributed by atoms with E-state index in [0.29, 0.717) is 0 Å². The van der Waals surface area contributed by atoms with Gasteiger partial charge in [-0.25, -0.2) is 0 Å². The Morgan fingerprint density at radius 1 is 1.00 bits per heavy atom. The van der Waals surface area contributed by atoms with Crippen LogP contribution in [0.25, 0.3) is 0 Å². The Bertz CT molecular complexity index is 621. The zero-order valence-electron chi connectivity index (χ0n) is 10.7. The van der Waals surface area contributed by atoms with Crippen molar-refractivity contribution in [2.45, 2.75) is 11.1 Å². The molecule has 2 aromatic rings. The molecule has 0 heterocycles. The lowest BCUT2D eigenvalue weighted by Gasteiger charge is -2.07. The van der Waals surface area contributed by atoms with E-state index in [-0.39, 0.29) is 17.1 Å². The highest BCUT2D eigenvalue weighted by molar-refractivity contribution is 9.10. The number of benzene rings is 2. The molecule has 0 N–H and O–H groups in total. The van der Waals surface area contributed by atoms with E-state index in [1.54, 1.807) is 0 Å². The summed E-state index contributed by atoms with van der Waals surface area (Å²) in [6, 6.07) is 11.8. The predicted molar refractivity (Wildman–Crippen MR) is 80.6 cm³/mol. The summed E-state index contributed by atoms with van der Waals surface area (Å²) in [5.41, 5.74) is -0.466. The van der Waals surface area contributed by atoms with Crippen molar-refractivity contribution in [3.8, 4) is 0 Å². The molecule has 21 heavy (non-hydrogen) atoms. The average molecular weight is 375 g/mol. The molecule has 0 saturated carbocycles. The molecule has 0 aliphatic heterocycles. The van der Waals surface area contributed by atoms with Gasteiger partial charge in [-0.3, -0.25) is 4.79 Å². The molecule has 0 bridgehead atoms. The van der Waals surface area contributed by atoms with Crippen molar-refractivity contribution in [2.24, 2.45) is 0 Å². The average Bonchev–Trinajstić information content (AvgIpc) is 2.45. The molecule has 0 aliphatic carbocycles. The Hall–Kier alpha value is -1.27. The molecule has 0 aromatic heterocycles. The van der Waals surface area contributed by atoms with Crippen molar-refractivity contribution < 1.29 is 18.0 Å². The molecule has 1 nitrogen and oxygen atoms in total. The first-order valence-corrected chi connectivity index (χ1v) is 7.73. The number of hydrogen-bond donors (Lipinski definition) is 0. The van der Waals surface area contributed by atoms with Crippen LogP contribution in [0.2, 0.25) is 0 Å². The fourth-order valence-corrected chi connectivity index (χ4v) is 2.67. The number of thioether (sulfide) groups is 1. The number of halogens is 4. The molecule has 0 radical (unpaired) electrons. The van der Waals surface area contributed by atoms with E-state index in [1.807, 2.05) is 24.3 Å². The van der Waals surface area contributed by atoms with E-state index in [9.17, 15) is 18.0 Å². The first-order chi connectivity index (χ1) is 9.86. The standard InChI is InChI=1S/C15H10BrF3OS/c16-12-5-7-13(8-6-12)21-9-14(20)10-1-3-11(4-2-10)15(17,18)19/h1-8H,9H2. The molecule has 0 aliphatic rings. The largest absolute Gasteiger partial charge is 0.416 e. The molecular formula is C15H10BrF3OS. The van der Waals surface area contributed by atoms with Crippen molar-refractivity contribution in [1.82, 2.24) is 0 Å². The normalized spacial score (nSPS) is 11.4. The molecular weight excluding hydrogens is 365 g/mol. The highest BCUT2D eigenvalue weighted by Crippen LogP contribution is 2.29. The van der Waals surface area contributed by atoms with E-state index in [2.05, 4.69) is 15.9 Å². The van der Waals surface area contributed by atoms with Crippen LogP contribution in [0.4, 0.5) is 13.2 Å². The first-order valence-electron chi connectivity index (χ1n) is 5.95. The van der Waals surface area contributed by atoms with Gasteiger partial charge in [0.1, 0.15) is 0 Å². The highest BCUT2D eigenvalue weighted by atomic mass is 79.9. The van der Waals surface area contributed by atoms with Crippen molar-refractivity contribution in [3.63, 3.8) is 0 Å². The van der Waals surface area contributed by atoms with E-state index in [4.69, 9.17) is 0 Å². The van der Waals surface area contributed by atoms with Crippen molar-refractivity contribution >= 4 is 33.5 Å². The Labute approximate surface area is 132 Å². The van der Waals surface area contributed by atoms with Crippen LogP contribution in [-0.2, 0) is 6.18 Å². The summed E-state index contributed by atoms with van der Waals surface area (Å²) in [5, 5.41) is 0. The number of carbonyl (C=O) groups is 1. The summed E-state index contributed by atoms with van der Waals surface area (Å²) in [5.74, 6) is -0.0101. The summed E-state index contributed by atoms with van der Waals surface area (Å²) >= 11 is 4.67. The van der Waals surface area contributed by atoms with E-state index >= 15 is 0 Å². The van der Waals surface area contributed by atoms with Crippen LogP contribution in [0, 0.1) is 0 Å². The molecule has 6 heteroatoms. The smallest absolute Gasteiger partial charge is 0.293 e. The molecule has 2 rings (SSSR count). The van der Waals surface area contributed by atoms with Gasteiger partial charge in [0.25, 0.3) is 0 Å². The Kier molecular flexibility index (Phi) is 5.11. The zero-order valence-corrected chi connectivity index (χ0v) is 13.1. The fourth-order valence-electron chi connectivity index (χ4n) is 1.61. The second-order valence-electron chi connectivity index (χ2n) is 4.24. The predicted octanol–water partition coefficient (Wildman–Crippen LogP) is 5.44. The van der Waals surface area contributed by atoms with Crippen LogP contribution < -0.4 is 0 Å². The SMILES string of the molecule is O=C(CSc1ccc(Br)cc1)c1ccc(C(F)(F)F)cc1. The number of carbonyl (C=O) groups excluding carboxylic acids is 1. The van der Waals surface area contributed by atoms with Crippen molar-refractivity contribution in [2.75, 3.05) is 5.75 Å².